The molecule has 0 atom stereocenters. The van der Waals surface area contributed by atoms with Gasteiger partial charge in [0.2, 0.25) is 5.91 Å². The van der Waals surface area contributed by atoms with Crippen LogP contribution in [0, 0.1) is 0 Å². The molecule has 2 N–H and O–H groups in total. The van der Waals surface area contributed by atoms with Crippen molar-refractivity contribution in [1.29, 1.82) is 0 Å². The number of carbonyl (C=O) groups is 1. The van der Waals surface area contributed by atoms with E-state index in [1.165, 1.54) is 5.56 Å². The van der Waals surface area contributed by atoms with Crippen LogP contribution in [-0.2, 0) is 11.3 Å². The second-order valence-corrected chi connectivity index (χ2v) is 5.46. The fraction of sp³-hybridized carbons (Fsp3) is 0.562. The third kappa shape index (κ3) is 7.14. The predicted octanol–water partition coefficient (Wildman–Crippen LogP) is 2.48. The number of amides is 1. The molecule has 0 unspecified atom stereocenters. The van der Waals surface area contributed by atoms with Crippen LogP contribution in [0.5, 0.6) is 5.75 Å². The maximum atomic E-state index is 11.4. The molecule has 0 radical (unpaired) electrons. The molecule has 0 bridgehead atoms. The molecule has 0 saturated heterocycles. The van der Waals surface area contributed by atoms with E-state index in [0.717, 1.165) is 12.3 Å². The second kappa shape index (κ2) is 8.59. The molecular formula is C16H26N2O2. The number of hydrogen-bond donors (Lipinski definition) is 2. The standard InChI is InChI=1S/C16H26N2O2/c1-12(2)18-16(19)9-10-17-11-14-5-7-15(8-6-14)20-13(3)4/h5-8,12-13,17H,9-11H2,1-4H3,(H,18,19). The third-order valence-corrected chi connectivity index (χ3v) is 2.60. The van der Waals surface area contributed by atoms with Gasteiger partial charge >= 0.3 is 0 Å². The fourth-order valence-corrected chi connectivity index (χ4v) is 1.79. The number of benzene rings is 1. The fourth-order valence-electron chi connectivity index (χ4n) is 1.79. The van der Waals surface area contributed by atoms with Gasteiger partial charge in [0.05, 0.1) is 6.10 Å². The lowest BCUT2D eigenvalue weighted by Crippen LogP contribution is -2.32. The van der Waals surface area contributed by atoms with Crippen LogP contribution in [0.3, 0.4) is 0 Å². The van der Waals surface area contributed by atoms with Gasteiger partial charge in [-0.3, -0.25) is 4.79 Å². The van der Waals surface area contributed by atoms with Crippen molar-refractivity contribution >= 4 is 5.91 Å². The van der Waals surface area contributed by atoms with Gasteiger partial charge in [0, 0.05) is 25.6 Å². The van der Waals surface area contributed by atoms with E-state index >= 15 is 0 Å². The summed E-state index contributed by atoms with van der Waals surface area (Å²) >= 11 is 0. The molecule has 0 aromatic heterocycles. The molecule has 0 aliphatic heterocycles. The molecule has 1 aromatic rings. The first-order valence-electron chi connectivity index (χ1n) is 7.23. The topological polar surface area (TPSA) is 50.4 Å². The van der Waals surface area contributed by atoms with E-state index in [4.69, 9.17) is 4.74 Å². The Morgan fingerprint density at radius 2 is 1.80 bits per heavy atom. The second-order valence-electron chi connectivity index (χ2n) is 5.46. The molecular weight excluding hydrogens is 252 g/mol. The van der Waals surface area contributed by atoms with E-state index in [2.05, 4.69) is 10.6 Å². The van der Waals surface area contributed by atoms with Gasteiger partial charge < -0.3 is 15.4 Å². The van der Waals surface area contributed by atoms with Crippen molar-refractivity contribution in [1.82, 2.24) is 10.6 Å². The number of carbonyl (C=O) groups excluding carboxylic acids is 1. The molecule has 4 heteroatoms. The Balaban J connectivity index is 2.23. The number of nitrogens with one attached hydrogen (secondary N) is 2. The Kier molecular flexibility index (Phi) is 7.09. The Labute approximate surface area is 121 Å². The first-order chi connectivity index (χ1) is 9.47. The first-order valence-corrected chi connectivity index (χ1v) is 7.23. The molecule has 0 saturated carbocycles. The van der Waals surface area contributed by atoms with E-state index in [1.807, 2.05) is 52.0 Å². The van der Waals surface area contributed by atoms with Crippen LogP contribution < -0.4 is 15.4 Å². The van der Waals surface area contributed by atoms with Crippen LogP contribution in [0.2, 0.25) is 0 Å². The molecule has 0 heterocycles. The first kappa shape index (κ1) is 16.5. The van der Waals surface area contributed by atoms with Crippen molar-refractivity contribution < 1.29 is 9.53 Å². The molecule has 0 fully saturated rings. The van der Waals surface area contributed by atoms with Crippen molar-refractivity contribution in [2.45, 2.75) is 52.8 Å². The van der Waals surface area contributed by atoms with E-state index in [1.54, 1.807) is 0 Å². The van der Waals surface area contributed by atoms with Crippen LogP contribution in [0.15, 0.2) is 24.3 Å². The Bertz CT molecular complexity index is 399. The minimum atomic E-state index is 0.0909. The van der Waals surface area contributed by atoms with Crippen molar-refractivity contribution in [2.75, 3.05) is 6.54 Å². The summed E-state index contributed by atoms with van der Waals surface area (Å²) in [5.41, 5.74) is 1.19. The molecule has 0 spiro atoms. The zero-order valence-electron chi connectivity index (χ0n) is 12.9. The maximum absolute atomic E-state index is 11.4. The van der Waals surface area contributed by atoms with Gasteiger partial charge in [-0.25, -0.2) is 0 Å². The number of hydrogen-bond acceptors (Lipinski definition) is 3. The van der Waals surface area contributed by atoms with Crippen molar-refractivity contribution in [3.63, 3.8) is 0 Å². The lowest BCUT2D eigenvalue weighted by atomic mass is 10.2. The van der Waals surface area contributed by atoms with E-state index in [-0.39, 0.29) is 18.1 Å². The summed E-state index contributed by atoms with van der Waals surface area (Å²) in [6.45, 7) is 9.40. The Hall–Kier alpha value is -1.55. The third-order valence-electron chi connectivity index (χ3n) is 2.60. The van der Waals surface area contributed by atoms with E-state index in [9.17, 15) is 4.79 Å². The highest BCUT2D eigenvalue weighted by atomic mass is 16.5. The zero-order chi connectivity index (χ0) is 15.0. The lowest BCUT2D eigenvalue weighted by molar-refractivity contribution is -0.121. The lowest BCUT2D eigenvalue weighted by Gasteiger charge is -2.11. The van der Waals surface area contributed by atoms with Crippen LogP contribution in [0.25, 0.3) is 0 Å². The van der Waals surface area contributed by atoms with Gasteiger partial charge in [-0.15, -0.1) is 0 Å². The Morgan fingerprint density at radius 1 is 1.15 bits per heavy atom. The summed E-state index contributed by atoms with van der Waals surface area (Å²) in [6, 6.07) is 8.24. The summed E-state index contributed by atoms with van der Waals surface area (Å²) in [5, 5.41) is 6.14. The van der Waals surface area contributed by atoms with E-state index < -0.39 is 0 Å². The monoisotopic (exact) mass is 278 g/mol. The van der Waals surface area contributed by atoms with Gasteiger partial charge in [-0.05, 0) is 45.4 Å². The quantitative estimate of drug-likeness (QED) is 0.718. The molecule has 4 nitrogen and oxygen atoms in total. The highest BCUT2D eigenvalue weighted by molar-refractivity contribution is 5.76. The van der Waals surface area contributed by atoms with Gasteiger partial charge in [-0.2, -0.15) is 0 Å². The smallest absolute Gasteiger partial charge is 0.221 e. The largest absolute Gasteiger partial charge is 0.491 e. The zero-order valence-corrected chi connectivity index (χ0v) is 12.9. The molecule has 0 aliphatic rings. The SMILES string of the molecule is CC(C)NC(=O)CCNCc1ccc(OC(C)C)cc1. The van der Waals surface area contributed by atoms with Crippen molar-refractivity contribution in [2.24, 2.45) is 0 Å². The highest BCUT2D eigenvalue weighted by Gasteiger charge is 2.02. The number of rotatable bonds is 8. The van der Waals surface area contributed by atoms with Crippen LogP contribution >= 0.6 is 0 Å². The Morgan fingerprint density at radius 3 is 2.35 bits per heavy atom. The molecule has 0 aliphatic carbocycles. The summed E-state index contributed by atoms with van der Waals surface area (Å²) < 4.78 is 5.59. The molecule has 1 rings (SSSR count). The van der Waals surface area contributed by atoms with Crippen LogP contribution in [0.4, 0.5) is 0 Å². The normalized spacial score (nSPS) is 10.9. The van der Waals surface area contributed by atoms with Crippen molar-refractivity contribution in [3.05, 3.63) is 29.8 Å². The highest BCUT2D eigenvalue weighted by Crippen LogP contribution is 2.13. The summed E-state index contributed by atoms with van der Waals surface area (Å²) in [7, 11) is 0. The molecule has 112 valence electrons. The molecule has 20 heavy (non-hydrogen) atoms. The molecule has 1 aromatic carbocycles. The van der Waals surface area contributed by atoms with Gasteiger partial charge in [0.25, 0.3) is 0 Å². The van der Waals surface area contributed by atoms with Gasteiger partial charge in [-0.1, -0.05) is 12.1 Å². The average Bonchev–Trinajstić information content (AvgIpc) is 2.35. The van der Waals surface area contributed by atoms with Gasteiger partial charge in [0.1, 0.15) is 5.75 Å². The summed E-state index contributed by atoms with van der Waals surface area (Å²) in [4.78, 5) is 11.4. The minimum Gasteiger partial charge on any atom is -0.491 e. The average molecular weight is 278 g/mol. The summed E-state index contributed by atoms with van der Waals surface area (Å²) in [5.74, 6) is 0.980. The van der Waals surface area contributed by atoms with Crippen LogP contribution in [0.1, 0.15) is 39.7 Å². The minimum absolute atomic E-state index is 0.0909. The van der Waals surface area contributed by atoms with Crippen LogP contribution in [-0.4, -0.2) is 24.6 Å². The van der Waals surface area contributed by atoms with Crippen molar-refractivity contribution in [3.8, 4) is 5.75 Å². The van der Waals surface area contributed by atoms with Gasteiger partial charge in [0.15, 0.2) is 0 Å². The van der Waals surface area contributed by atoms with E-state index in [0.29, 0.717) is 13.0 Å². The summed E-state index contributed by atoms with van der Waals surface area (Å²) in [6.07, 6.45) is 0.700. The number of ether oxygens (including phenoxy) is 1. The predicted molar refractivity (Wildman–Crippen MR) is 81.8 cm³/mol. The maximum Gasteiger partial charge on any atom is 0.221 e. The molecule has 1 amide bonds.